The number of aliphatic hydroxyl groups excluding tert-OH is 1. The van der Waals surface area contributed by atoms with Gasteiger partial charge in [0.15, 0.2) is 5.82 Å². The number of benzene rings is 1. The lowest BCUT2D eigenvalue weighted by molar-refractivity contribution is 0.0976. The summed E-state index contributed by atoms with van der Waals surface area (Å²) in [6.07, 6.45) is 1.44. The summed E-state index contributed by atoms with van der Waals surface area (Å²) in [6, 6.07) is 6.32. The Morgan fingerprint density at radius 1 is 1.17 bits per heavy atom. The summed E-state index contributed by atoms with van der Waals surface area (Å²) in [5.74, 6) is 0.975. The van der Waals surface area contributed by atoms with Crippen LogP contribution < -0.4 is 9.80 Å². The first-order valence-electron chi connectivity index (χ1n) is 10.5. The molecule has 1 unspecified atom stereocenters. The Bertz CT molecular complexity index is 1020. The molecule has 30 heavy (non-hydrogen) atoms. The smallest absolute Gasteiger partial charge is 0.162 e. The molecule has 0 spiro atoms. The van der Waals surface area contributed by atoms with Crippen molar-refractivity contribution in [2.24, 2.45) is 5.92 Å². The van der Waals surface area contributed by atoms with E-state index in [1.165, 1.54) is 11.3 Å². The minimum Gasteiger partial charge on any atom is -0.386 e. The van der Waals surface area contributed by atoms with Crippen LogP contribution in [-0.4, -0.2) is 64.9 Å². The van der Waals surface area contributed by atoms with Crippen molar-refractivity contribution in [3.05, 3.63) is 34.3 Å². The van der Waals surface area contributed by atoms with Crippen LogP contribution in [0.3, 0.4) is 0 Å². The molecule has 2 atom stereocenters. The second kappa shape index (κ2) is 8.41. The molecule has 158 valence electrons. The van der Waals surface area contributed by atoms with Crippen LogP contribution in [0, 0.1) is 12.8 Å². The predicted molar refractivity (Wildman–Crippen MR) is 117 cm³/mol. The summed E-state index contributed by atoms with van der Waals surface area (Å²) in [4.78, 5) is 9.04. The lowest BCUT2D eigenvalue weighted by atomic mass is 9.92. The van der Waals surface area contributed by atoms with Crippen LogP contribution >= 0.6 is 11.3 Å². The van der Waals surface area contributed by atoms with Gasteiger partial charge < -0.3 is 19.6 Å². The van der Waals surface area contributed by atoms with Gasteiger partial charge in [0.2, 0.25) is 0 Å². The molecule has 0 aliphatic carbocycles. The molecule has 3 aromatic rings. The number of aryl methyl sites for hydroxylation is 1. The lowest BCUT2D eigenvalue weighted by Crippen LogP contribution is -2.38. The number of nitrogens with zero attached hydrogens (tertiary/aromatic N) is 6. The predicted octanol–water partition coefficient (Wildman–Crippen LogP) is 2.58. The van der Waals surface area contributed by atoms with Gasteiger partial charge >= 0.3 is 0 Å². The monoisotopic (exact) mass is 426 g/mol. The molecule has 2 fully saturated rings. The number of anilines is 2. The van der Waals surface area contributed by atoms with Crippen LogP contribution in [0.4, 0.5) is 11.5 Å². The van der Waals surface area contributed by atoms with Crippen molar-refractivity contribution in [1.82, 2.24) is 20.4 Å². The van der Waals surface area contributed by atoms with Gasteiger partial charge in [-0.2, -0.15) is 0 Å². The molecule has 4 heterocycles. The number of morpholine rings is 1. The molecular weight excluding hydrogens is 400 g/mol. The first-order valence-corrected chi connectivity index (χ1v) is 11.4. The first kappa shape index (κ1) is 19.6. The highest BCUT2D eigenvalue weighted by molar-refractivity contribution is 7.09. The average Bonchev–Trinajstić information content (AvgIpc) is 3.24. The van der Waals surface area contributed by atoms with Gasteiger partial charge in [-0.25, -0.2) is 4.98 Å². The second-order valence-electron chi connectivity index (χ2n) is 8.03. The summed E-state index contributed by atoms with van der Waals surface area (Å²) in [6.45, 7) is 6.88. The molecule has 9 heteroatoms. The summed E-state index contributed by atoms with van der Waals surface area (Å²) in [7, 11) is 0. The van der Waals surface area contributed by atoms with E-state index in [2.05, 4.69) is 48.4 Å². The van der Waals surface area contributed by atoms with Crippen LogP contribution in [0.25, 0.3) is 10.9 Å². The molecule has 5 rings (SSSR count). The number of thiazole rings is 1. The maximum Gasteiger partial charge on any atom is 0.162 e. The number of fused-ring (bicyclic) bond motifs is 1. The molecule has 2 saturated heterocycles. The lowest BCUT2D eigenvalue weighted by Gasteiger charge is -2.35. The molecule has 8 nitrogen and oxygen atoms in total. The van der Waals surface area contributed by atoms with Crippen molar-refractivity contribution in [3.8, 4) is 0 Å². The van der Waals surface area contributed by atoms with Crippen molar-refractivity contribution < 1.29 is 9.84 Å². The van der Waals surface area contributed by atoms with Crippen molar-refractivity contribution in [3.63, 3.8) is 0 Å². The number of piperidine rings is 1. The van der Waals surface area contributed by atoms with Gasteiger partial charge in [0.05, 0.1) is 13.2 Å². The van der Waals surface area contributed by atoms with Gasteiger partial charge in [-0.15, -0.1) is 21.5 Å². The van der Waals surface area contributed by atoms with E-state index in [9.17, 15) is 5.11 Å². The van der Waals surface area contributed by atoms with Crippen molar-refractivity contribution >= 4 is 33.7 Å². The Kier molecular flexibility index (Phi) is 5.49. The number of ether oxygens (including phenoxy) is 1. The van der Waals surface area contributed by atoms with Gasteiger partial charge in [0.25, 0.3) is 0 Å². The zero-order valence-corrected chi connectivity index (χ0v) is 17.9. The van der Waals surface area contributed by atoms with E-state index in [1.807, 2.05) is 12.3 Å². The molecule has 2 aliphatic heterocycles. The fraction of sp³-hybridized carbons (Fsp3) is 0.524. The quantitative estimate of drug-likeness (QED) is 0.681. The molecule has 2 aliphatic rings. The standard InChI is InChI=1S/C21H26N6O2S/c1-14-13-30-21(22-14)19(28)15-3-2-6-27(12-15)20-17-5-4-16(11-18(17)23-25-24-20)26-7-9-29-10-8-26/h4-5,11,13,15,19,28H,2-3,6-10,12H2,1H3/t15-,19?/m0/s1. The Balaban J connectivity index is 1.39. The minimum atomic E-state index is -0.541. The molecule has 0 saturated carbocycles. The van der Waals surface area contributed by atoms with Gasteiger partial charge in [0.1, 0.15) is 16.6 Å². The highest BCUT2D eigenvalue weighted by atomic mass is 32.1. The fourth-order valence-corrected chi connectivity index (χ4v) is 5.25. The van der Waals surface area contributed by atoms with Crippen LogP contribution in [0.15, 0.2) is 23.6 Å². The van der Waals surface area contributed by atoms with E-state index in [4.69, 9.17) is 4.74 Å². The maximum absolute atomic E-state index is 10.9. The Hall–Kier alpha value is -2.36. The van der Waals surface area contributed by atoms with E-state index >= 15 is 0 Å². The third-order valence-corrected chi connectivity index (χ3v) is 7.02. The Morgan fingerprint density at radius 2 is 2.03 bits per heavy atom. The number of hydrogen-bond donors (Lipinski definition) is 1. The zero-order chi connectivity index (χ0) is 20.5. The Morgan fingerprint density at radius 3 is 2.83 bits per heavy atom. The maximum atomic E-state index is 10.9. The van der Waals surface area contributed by atoms with Crippen molar-refractivity contribution in [2.45, 2.75) is 25.9 Å². The molecule has 0 radical (unpaired) electrons. The van der Waals surface area contributed by atoms with Gasteiger partial charge in [-0.3, -0.25) is 0 Å². The third kappa shape index (κ3) is 3.84. The molecule has 0 amide bonds. The van der Waals surface area contributed by atoms with Crippen molar-refractivity contribution in [1.29, 1.82) is 0 Å². The highest BCUT2D eigenvalue weighted by Crippen LogP contribution is 2.35. The molecule has 1 N–H and O–H groups in total. The van der Waals surface area contributed by atoms with Gasteiger partial charge in [-0.1, -0.05) is 0 Å². The zero-order valence-electron chi connectivity index (χ0n) is 17.1. The second-order valence-corrected chi connectivity index (χ2v) is 8.92. The van der Waals surface area contributed by atoms with Crippen LogP contribution in [0.2, 0.25) is 0 Å². The average molecular weight is 427 g/mol. The van der Waals surface area contributed by atoms with Crippen LogP contribution in [0.1, 0.15) is 29.6 Å². The number of hydrogen-bond acceptors (Lipinski definition) is 9. The summed E-state index contributed by atoms with van der Waals surface area (Å²) in [5.41, 5.74) is 2.95. The summed E-state index contributed by atoms with van der Waals surface area (Å²) >= 11 is 1.53. The topological polar surface area (TPSA) is 87.5 Å². The van der Waals surface area contributed by atoms with Crippen LogP contribution in [-0.2, 0) is 4.74 Å². The summed E-state index contributed by atoms with van der Waals surface area (Å²) in [5, 5.41) is 27.4. The van der Waals surface area contributed by atoms with Crippen LogP contribution in [0.5, 0.6) is 0 Å². The third-order valence-electron chi connectivity index (χ3n) is 5.98. The van der Waals surface area contributed by atoms with E-state index in [0.717, 1.165) is 85.3 Å². The molecule has 2 aromatic heterocycles. The largest absolute Gasteiger partial charge is 0.386 e. The number of aliphatic hydroxyl groups is 1. The van der Waals surface area contributed by atoms with Gasteiger partial charge in [-0.05, 0) is 43.2 Å². The normalized spacial score (nSPS) is 21.2. The molecular formula is C21H26N6O2S. The van der Waals surface area contributed by atoms with E-state index in [0.29, 0.717) is 0 Å². The number of rotatable bonds is 4. The first-order chi connectivity index (χ1) is 14.7. The minimum absolute atomic E-state index is 0.127. The number of aromatic nitrogens is 4. The van der Waals surface area contributed by atoms with Crippen molar-refractivity contribution in [2.75, 3.05) is 49.2 Å². The van der Waals surface area contributed by atoms with E-state index < -0.39 is 6.10 Å². The summed E-state index contributed by atoms with van der Waals surface area (Å²) < 4.78 is 5.46. The van der Waals surface area contributed by atoms with E-state index in [1.54, 1.807) is 0 Å². The molecule has 1 aromatic carbocycles. The van der Waals surface area contributed by atoms with Gasteiger partial charge in [0, 0.05) is 54.2 Å². The highest BCUT2D eigenvalue weighted by Gasteiger charge is 2.30. The molecule has 0 bridgehead atoms. The Labute approximate surface area is 179 Å². The SMILES string of the molecule is Cc1csc(C(O)[C@H]2CCCN(c3nnnc4cc(N5CCOCC5)ccc34)C2)n1. The fourth-order valence-electron chi connectivity index (χ4n) is 4.38. The van der Waals surface area contributed by atoms with E-state index in [-0.39, 0.29) is 5.92 Å².